The Morgan fingerprint density at radius 3 is 2.43 bits per heavy atom. The standard InChI is InChI=1S/C18H23N3O2/c1-13-5-10-17(23-4)16(11-13)19-12-18(22)20-14-6-8-15(9-7-14)21(2)3/h5-11,19H,12H2,1-4H3,(H,20,22). The Labute approximate surface area is 137 Å². The van der Waals surface area contributed by atoms with Crippen LogP contribution in [-0.4, -0.2) is 33.7 Å². The number of anilines is 3. The lowest BCUT2D eigenvalue weighted by atomic mass is 10.2. The van der Waals surface area contributed by atoms with Crippen LogP contribution in [0.5, 0.6) is 5.75 Å². The summed E-state index contributed by atoms with van der Waals surface area (Å²) in [7, 11) is 5.57. The van der Waals surface area contributed by atoms with Crippen LogP contribution in [0.1, 0.15) is 5.56 Å². The fraction of sp³-hybridized carbons (Fsp3) is 0.278. The van der Waals surface area contributed by atoms with Gasteiger partial charge in [-0.1, -0.05) is 6.07 Å². The highest BCUT2D eigenvalue weighted by molar-refractivity contribution is 5.94. The Kier molecular flexibility index (Phi) is 5.46. The molecule has 2 aromatic carbocycles. The number of hydrogen-bond acceptors (Lipinski definition) is 4. The molecular formula is C18H23N3O2. The summed E-state index contributed by atoms with van der Waals surface area (Å²) in [5, 5.41) is 5.98. The van der Waals surface area contributed by atoms with Gasteiger partial charge in [0.15, 0.2) is 0 Å². The average molecular weight is 313 g/mol. The molecule has 0 aliphatic heterocycles. The highest BCUT2D eigenvalue weighted by atomic mass is 16.5. The van der Waals surface area contributed by atoms with Gasteiger partial charge in [0.05, 0.1) is 19.3 Å². The van der Waals surface area contributed by atoms with Gasteiger partial charge in [0.2, 0.25) is 5.91 Å². The molecule has 0 saturated carbocycles. The van der Waals surface area contributed by atoms with Gasteiger partial charge in [-0.25, -0.2) is 0 Å². The number of ether oxygens (including phenoxy) is 1. The fourth-order valence-corrected chi connectivity index (χ4v) is 2.18. The predicted octanol–water partition coefficient (Wildman–Crippen LogP) is 3.12. The number of hydrogen-bond donors (Lipinski definition) is 2. The summed E-state index contributed by atoms with van der Waals surface area (Å²) in [5.74, 6) is 0.616. The highest BCUT2D eigenvalue weighted by Gasteiger charge is 2.06. The van der Waals surface area contributed by atoms with E-state index in [1.807, 2.05) is 68.4 Å². The van der Waals surface area contributed by atoms with E-state index in [-0.39, 0.29) is 12.5 Å². The summed E-state index contributed by atoms with van der Waals surface area (Å²) in [6.45, 7) is 2.17. The maximum absolute atomic E-state index is 12.1. The maximum atomic E-state index is 12.1. The van der Waals surface area contributed by atoms with Gasteiger partial charge in [-0.05, 0) is 48.9 Å². The van der Waals surface area contributed by atoms with Crippen LogP contribution in [0.4, 0.5) is 17.1 Å². The monoisotopic (exact) mass is 313 g/mol. The van der Waals surface area contributed by atoms with Crippen LogP contribution in [0.15, 0.2) is 42.5 Å². The highest BCUT2D eigenvalue weighted by Crippen LogP contribution is 2.25. The molecule has 0 unspecified atom stereocenters. The number of carbonyl (C=O) groups is 1. The van der Waals surface area contributed by atoms with E-state index in [2.05, 4.69) is 10.6 Å². The van der Waals surface area contributed by atoms with Gasteiger partial charge in [-0.3, -0.25) is 4.79 Å². The second-order valence-corrected chi connectivity index (χ2v) is 5.55. The first-order valence-corrected chi connectivity index (χ1v) is 7.45. The Morgan fingerprint density at radius 1 is 1.13 bits per heavy atom. The van der Waals surface area contributed by atoms with Crippen LogP contribution in [0.3, 0.4) is 0 Å². The maximum Gasteiger partial charge on any atom is 0.243 e. The average Bonchev–Trinajstić information content (AvgIpc) is 2.53. The number of nitrogens with zero attached hydrogens (tertiary/aromatic N) is 1. The van der Waals surface area contributed by atoms with E-state index < -0.39 is 0 Å². The molecule has 0 spiro atoms. The third kappa shape index (κ3) is 4.64. The number of aryl methyl sites for hydroxylation is 1. The summed E-state index contributed by atoms with van der Waals surface area (Å²) in [6, 6.07) is 13.5. The molecular weight excluding hydrogens is 290 g/mol. The molecule has 23 heavy (non-hydrogen) atoms. The van der Waals surface area contributed by atoms with Crippen molar-refractivity contribution in [3.05, 3.63) is 48.0 Å². The van der Waals surface area contributed by atoms with Crippen molar-refractivity contribution in [1.82, 2.24) is 0 Å². The second kappa shape index (κ2) is 7.54. The molecule has 0 radical (unpaired) electrons. The Morgan fingerprint density at radius 2 is 1.83 bits per heavy atom. The third-order valence-electron chi connectivity index (χ3n) is 3.46. The van der Waals surface area contributed by atoms with E-state index in [0.29, 0.717) is 0 Å². The van der Waals surface area contributed by atoms with Gasteiger partial charge in [0, 0.05) is 25.5 Å². The van der Waals surface area contributed by atoms with Crippen molar-refractivity contribution < 1.29 is 9.53 Å². The first-order valence-electron chi connectivity index (χ1n) is 7.45. The Bertz CT molecular complexity index is 666. The van der Waals surface area contributed by atoms with Crippen molar-refractivity contribution in [3.63, 3.8) is 0 Å². The molecule has 2 N–H and O–H groups in total. The molecule has 1 amide bonds. The second-order valence-electron chi connectivity index (χ2n) is 5.55. The summed E-state index contributed by atoms with van der Waals surface area (Å²) >= 11 is 0. The van der Waals surface area contributed by atoms with Crippen molar-refractivity contribution in [1.29, 1.82) is 0 Å². The van der Waals surface area contributed by atoms with E-state index in [1.54, 1.807) is 7.11 Å². The van der Waals surface area contributed by atoms with Crippen LogP contribution in [0, 0.1) is 6.92 Å². The zero-order valence-electron chi connectivity index (χ0n) is 14.0. The normalized spacial score (nSPS) is 10.1. The van der Waals surface area contributed by atoms with E-state index in [9.17, 15) is 4.79 Å². The van der Waals surface area contributed by atoms with Crippen LogP contribution in [-0.2, 0) is 4.79 Å². The summed E-state index contributed by atoms with van der Waals surface area (Å²) in [5.41, 5.74) is 3.78. The summed E-state index contributed by atoms with van der Waals surface area (Å²) < 4.78 is 5.29. The molecule has 0 aliphatic rings. The van der Waals surface area contributed by atoms with Crippen molar-refractivity contribution in [2.45, 2.75) is 6.92 Å². The minimum Gasteiger partial charge on any atom is -0.495 e. The number of rotatable bonds is 6. The molecule has 0 atom stereocenters. The number of amides is 1. The predicted molar refractivity (Wildman–Crippen MR) is 95.6 cm³/mol. The SMILES string of the molecule is COc1ccc(C)cc1NCC(=O)Nc1ccc(N(C)C)cc1. The quantitative estimate of drug-likeness (QED) is 0.860. The van der Waals surface area contributed by atoms with Crippen molar-refractivity contribution in [2.24, 2.45) is 0 Å². The van der Waals surface area contributed by atoms with Crippen molar-refractivity contribution >= 4 is 23.0 Å². The topological polar surface area (TPSA) is 53.6 Å². The number of benzene rings is 2. The minimum absolute atomic E-state index is 0.105. The van der Waals surface area contributed by atoms with Crippen LogP contribution >= 0.6 is 0 Å². The number of nitrogens with one attached hydrogen (secondary N) is 2. The van der Waals surface area contributed by atoms with E-state index in [4.69, 9.17) is 4.74 Å². The zero-order chi connectivity index (χ0) is 16.8. The van der Waals surface area contributed by atoms with Crippen molar-refractivity contribution in [3.8, 4) is 5.75 Å². The van der Waals surface area contributed by atoms with Gasteiger partial charge in [0.1, 0.15) is 5.75 Å². The molecule has 0 fully saturated rings. The van der Waals surface area contributed by atoms with E-state index in [1.165, 1.54) is 0 Å². The third-order valence-corrected chi connectivity index (χ3v) is 3.46. The molecule has 5 nitrogen and oxygen atoms in total. The van der Waals surface area contributed by atoms with Gasteiger partial charge in [0.25, 0.3) is 0 Å². The molecule has 5 heteroatoms. The van der Waals surface area contributed by atoms with Gasteiger partial charge in [-0.2, -0.15) is 0 Å². The molecule has 0 aliphatic carbocycles. The lowest BCUT2D eigenvalue weighted by molar-refractivity contribution is -0.114. The molecule has 2 rings (SSSR count). The molecule has 0 bridgehead atoms. The molecule has 2 aromatic rings. The van der Waals surface area contributed by atoms with Gasteiger partial charge >= 0.3 is 0 Å². The Balaban J connectivity index is 1.94. The minimum atomic E-state index is -0.105. The largest absolute Gasteiger partial charge is 0.495 e. The molecule has 0 saturated heterocycles. The van der Waals surface area contributed by atoms with E-state index in [0.717, 1.165) is 28.4 Å². The summed E-state index contributed by atoms with van der Waals surface area (Å²) in [6.07, 6.45) is 0. The van der Waals surface area contributed by atoms with Crippen LogP contribution < -0.4 is 20.3 Å². The zero-order valence-corrected chi connectivity index (χ0v) is 14.0. The number of methoxy groups -OCH3 is 1. The van der Waals surface area contributed by atoms with Gasteiger partial charge in [-0.15, -0.1) is 0 Å². The summed E-state index contributed by atoms with van der Waals surface area (Å²) in [4.78, 5) is 14.1. The first-order chi connectivity index (χ1) is 11.0. The lowest BCUT2D eigenvalue weighted by Gasteiger charge is -2.14. The Hall–Kier alpha value is -2.69. The van der Waals surface area contributed by atoms with Crippen LogP contribution in [0.2, 0.25) is 0 Å². The van der Waals surface area contributed by atoms with E-state index >= 15 is 0 Å². The molecule has 0 aromatic heterocycles. The van der Waals surface area contributed by atoms with Crippen LogP contribution in [0.25, 0.3) is 0 Å². The fourth-order valence-electron chi connectivity index (χ4n) is 2.18. The molecule has 0 heterocycles. The molecule has 122 valence electrons. The first kappa shape index (κ1) is 16.7. The lowest BCUT2D eigenvalue weighted by Crippen LogP contribution is -2.22. The van der Waals surface area contributed by atoms with Gasteiger partial charge < -0.3 is 20.3 Å². The smallest absolute Gasteiger partial charge is 0.243 e. The van der Waals surface area contributed by atoms with Crippen molar-refractivity contribution in [2.75, 3.05) is 43.3 Å². The number of carbonyl (C=O) groups excluding carboxylic acids is 1.